The Hall–Kier alpha value is -1.88. The molecule has 5 heteroatoms. The van der Waals surface area contributed by atoms with Crippen molar-refractivity contribution in [1.82, 2.24) is 19.9 Å². The Morgan fingerprint density at radius 3 is 2.39 bits per heavy atom. The van der Waals surface area contributed by atoms with E-state index in [-0.39, 0.29) is 6.61 Å². The molecule has 0 spiro atoms. The van der Waals surface area contributed by atoms with Gasteiger partial charge in [-0.1, -0.05) is 0 Å². The van der Waals surface area contributed by atoms with Gasteiger partial charge in [-0.15, -0.1) is 0 Å². The Labute approximate surface area is 105 Å². The Morgan fingerprint density at radius 2 is 1.78 bits per heavy atom. The smallest absolute Gasteiger partial charge is 0.197 e. The number of hydrogen-bond donors (Lipinski definition) is 1. The minimum absolute atomic E-state index is 0.0130. The van der Waals surface area contributed by atoms with Crippen LogP contribution in [0.1, 0.15) is 35.6 Å². The van der Waals surface area contributed by atoms with E-state index in [0.29, 0.717) is 17.6 Å². The van der Waals surface area contributed by atoms with E-state index in [1.54, 1.807) is 18.6 Å². The second-order valence-electron chi connectivity index (χ2n) is 4.62. The molecule has 0 atom stereocenters. The molecule has 1 aliphatic rings. The van der Waals surface area contributed by atoms with Crippen LogP contribution in [0.2, 0.25) is 0 Å². The summed E-state index contributed by atoms with van der Waals surface area (Å²) in [5.41, 5.74) is 2.77. The van der Waals surface area contributed by atoms with Gasteiger partial charge in [0.2, 0.25) is 0 Å². The first-order valence-corrected chi connectivity index (χ1v) is 6.03. The van der Waals surface area contributed by atoms with Gasteiger partial charge >= 0.3 is 0 Å². The van der Waals surface area contributed by atoms with Gasteiger partial charge in [-0.25, -0.2) is 19.9 Å². The Kier molecular flexibility index (Phi) is 2.76. The molecule has 1 saturated carbocycles. The second-order valence-corrected chi connectivity index (χ2v) is 4.62. The molecule has 1 N–H and O–H groups in total. The molecule has 2 heterocycles. The zero-order valence-corrected chi connectivity index (χ0v) is 10.2. The van der Waals surface area contributed by atoms with Crippen LogP contribution in [0.5, 0.6) is 0 Å². The highest BCUT2D eigenvalue weighted by Gasteiger charge is 2.28. The zero-order chi connectivity index (χ0) is 12.5. The summed E-state index contributed by atoms with van der Waals surface area (Å²) in [6.45, 7) is 1.93. The highest BCUT2D eigenvalue weighted by molar-refractivity contribution is 5.44. The van der Waals surface area contributed by atoms with Crippen LogP contribution >= 0.6 is 0 Å². The van der Waals surface area contributed by atoms with Gasteiger partial charge in [0.25, 0.3) is 0 Å². The van der Waals surface area contributed by atoms with Crippen LogP contribution in [0.15, 0.2) is 18.6 Å². The second kappa shape index (κ2) is 4.42. The molecular formula is C13H14N4O. The first kappa shape index (κ1) is 11.2. The molecule has 1 aliphatic carbocycles. The van der Waals surface area contributed by atoms with Crippen LogP contribution in [0, 0.1) is 6.92 Å². The lowest BCUT2D eigenvalue weighted by molar-refractivity contribution is 0.279. The molecule has 3 rings (SSSR count). The summed E-state index contributed by atoms with van der Waals surface area (Å²) in [5.74, 6) is 1.54. The SMILES string of the molecule is Cc1cnc(-c2ncc(CO)c(C3CC3)n2)nc1. The van der Waals surface area contributed by atoms with Gasteiger partial charge in [-0.2, -0.15) is 0 Å². The minimum atomic E-state index is -0.0130. The van der Waals surface area contributed by atoms with Gasteiger partial charge in [0.05, 0.1) is 12.3 Å². The molecular weight excluding hydrogens is 228 g/mol. The molecule has 0 unspecified atom stereocenters. The Balaban J connectivity index is 2.02. The van der Waals surface area contributed by atoms with Crippen LogP contribution in [-0.4, -0.2) is 25.0 Å². The molecule has 0 radical (unpaired) electrons. The van der Waals surface area contributed by atoms with Gasteiger partial charge in [0.15, 0.2) is 11.6 Å². The first-order chi connectivity index (χ1) is 8.78. The van der Waals surface area contributed by atoms with Gasteiger partial charge in [0, 0.05) is 30.1 Å². The van der Waals surface area contributed by atoms with Crippen molar-refractivity contribution in [3.63, 3.8) is 0 Å². The maximum atomic E-state index is 9.28. The summed E-state index contributed by atoms with van der Waals surface area (Å²) >= 11 is 0. The van der Waals surface area contributed by atoms with E-state index < -0.39 is 0 Å². The number of aliphatic hydroxyl groups excluding tert-OH is 1. The molecule has 0 bridgehead atoms. The summed E-state index contributed by atoms with van der Waals surface area (Å²) in [6.07, 6.45) is 7.46. The monoisotopic (exact) mass is 242 g/mol. The number of aryl methyl sites for hydroxylation is 1. The highest BCUT2D eigenvalue weighted by Crippen LogP contribution is 2.40. The predicted molar refractivity (Wildman–Crippen MR) is 65.7 cm³/mol. The third-order valence-electron chi connectivity index (χ3n) is 3.01. The molecule has 0 aromatic carbocycles. The van der Waals surface area contributed by atoms with Crippen molar-refractivity contribution in [3.05, 3.63) is 35.4 Å². The number of aromatic nitrogens is 4. The van der Waals surface area contributed by atoms with Crippen LogP contribution in [0.3, 0.4) is 0 Å². The Bertz CT molecular complexity index is 564. The highest BCUT2D eigenvalue weighted by atomic mass is 16.3. The zero-order valence-electron chi connectivity index (χ0n) is 10.2. The number of nitrogens with zero attached hydrogens (tertiary/aromatic N) is 4. The molecule has 18 heavy (non-hydrogen) atoms. The van der Waals surface area contributed by atoms with Crippen LogP contribution in [-0.2, 0) is 6.61 Å². The lowest BCUT2D eigenvalue weighted by Gasteiger charge is -2.06. The molecule has 5 nitrogen and oxygen atoms in total. The average Bonchev–Trinajstić information content (AvgIpc) is 3.23. The average molecular weight is 242 g/mol. The Morgan fingerprint density at radius 1 is 1.11 bits per heavy atom. The summed E-state index contributed by atoms with van der Waals surface area (Å²) in [5, 5.41) is 9.28. The van der Waals surface area contributed by atoms with E-state index in [9.17, 15) is 5.11 Å². The lowest BCUT2D eigenvalue weighted by Crippen LogP contribution is -2.02. The van der Waals surface area contributed by atoms with Crippen LogP contribution in [0.4, 0.5) is 0 Å². The van der Waals surface area contributed by atoms with Crippen molar-refractivity contribution < 1.29 is 5.11 Å². The van der Waals surface area contributed by atoms with E-state index in [4.69, 9.17) is 0 Å². The van der Waals surface area contributed by atoms with Crippen LogP contribution < -0.4 is 0 Å². The molecule has 0 saturated heterocycles. The minimum Gasteiger partial charge on any atom is -0.392 e. The molecule has 1 fully saturated rings. The lowest BCUT2D eigenvalue weighted by atomic mass is 10.1. The molecule has 0 aliphatic heterocycles. The van der Waals surface area contributed by atoms with Crippen molar-refractivity contribution in [2.75, 3.05) is 0 Å². The van der Waals surface area contributed by atoms with E-state index in [1.165, 1.54) is 0 Å². The number of rotatable bonds is 3. The fourth-order valence-electron chi connectivity index (χ4n) is 1.87. The van der Waals surface area contributed by atoms with Crippen molar-refractivity contribution >= 4 is 0 Å². The van der Waals surface area contributed by atoms with E-state index in [1.807, 2.05) is 6.92 Å². The molecule has 2 aromatic heterocycles. The summed E-state index contributed by atoms with van der Waals surface area (Å²) in [7, 11) is 0. The van der Waals surface area contributed by atoms with Gasteiger partial charge in [0.1, 0.15) is 0 Å². The quantitative estimate of drug-likeness (QED) is 0.885. The number of hydrogen-bond acceptors (Lipinski definition) is 5. The fourth-order valence-corrected chi connectivity index (χ4v) is 1.87. The van der Waals surface area contributed by atoms with E-state index >= 15 is 0 Å². The van der Waals surface area contributed by atoms with E-state index in [2.05, 4.69) is 19.9 Å². The van der Waals surface area contributed by atoms with Crippen molar-refractivity contribution in [1.29, 1.82) is 0 Å². The summed E-state index contributed by atoms with van der Waals surface area (Å²) in [4.78, 5) is 17.2. The standard InChI is InChI=1S/C13H14N4O/c1-8-4-14-12(15-5-8)13-16-6-10(7-18)11(17-13)9-2-3-9/h4-6,9,18H,2-3,7H2,1H3. The molecule has 92 valence electrons. The topological polar surface area (TPSA) is 71.8 Å². The number of aliphatic hydroxyl groups is 1. The molecule has 2 aromatic rings. The maximum Gasteiger partial charge on any atom is 0.197 e. The van der Waals surface area contributed by atoms with Crippen molar-refractivity contribution in [3.8, 4) is 11.6 Å². The fraction of sp³-hybridized carbons (Fsp3) is 0.385. The van der Waals surface area contributed by atoms with Crippen molar-refractivity contribution in [2.45, 2.75) is 32.3 Å². The maximum absolute atomic E-state index is 9.28. The van der Waals surface area contributed by atoms with Crippen molar-refractivity contribution in [2.24, 2.45) is 0 Å². The normalized spacial score (nSPS) is 14.8. The first-order valence-electron chi connectivity index (χ1n) is 6.03. The summed E-state index contributed by atoms with van der Waals surface area (Å²) < 4.78 is 0. The van der Waals surface area contributed by atoms with E-state index in [0.717, 1.165) is 29.7 Å². The summed E-state index contributed by atoms with van der Waals surface area (Å²) in [6, 6.07) is 0. The third kappa shape index (κ3) is 2.09. The molecule has 0 amide bonds. The predicted octanol–water partition coefficient (Wildman–Crippen LogP) is 1.61. The van der Waals surface area contributed by atoms with Gasteiger partial charge in [-0.05, 0) is 25.3 Å². The largest absolute Gasteiger partial charge is 0.392 e. The van der Waals surface area contributed by atoms with Gasteiger partial charge < -0.3 is 5.11 Å². The third-order valence-corrected chi connectivity index (χ3v) is 3.01. The van der Waals surface area contributed by atoms with Gasteiger partial charge in [-0.3, -0.25) is 0 Å². The van der Waals surface area contributed by atoms with Crippen LogP contribution in [0.25, 0.3) is 11.6 Å².